The zero-order valence-corrected chi connectivity index (χ0v) is 13.2. The lowest BCUT2D eigenvalue weighted by Gasteiger charge is -2.25. The van der Waals surface area contributed by atoms with Crippen LogP contribution in [0.4, 0.5) is 4.39 Å². The minimum absolute atomic E-state index is 0.291. The molecule has 0 bridgehead atoms. The maximum Gasteiger partial charge on any atom is 0.243 e. The Hall–Kier alpha value is -1.72. The molecule has 0 spiro atoms. The number of halogens is 1. The number of aryl methyl sites for hydroxylation is 1. The van der Waals surface area contributed by atoms with E-state index in [1.807, 2.05) is 6.07 Å². The second-order valence-corrected chi connectivity index (χ2v) is 7.45. The van der Waals surface area contributed by atoms with E-state index < -0.39 is 10.0 Å². The summed E-state index contributed by atoms with van der Waals surface area (Å²) in [4.78, 5) is 0.332. The average Bonchev–Trinajstić information content (AvgIpc) is 2.98. The van der Waals surface area contributed by atoms with E-state index in [1.54, 1.807) is 37.3 Å². The highest BCUT2D eigenvalue weighted by Gasteiger charge is 2.36. The summed E-state index contributed by atoms with van der Waals surface area (Å²) in [5, 5.41) is 0. The second kappa shape index (κ2) is 5.82. The molecule has 116 valence electrons. The lowest BCUT2D eigenvalue weighted by molar-refractivity contribution is 0.395. The Morgan fingerprint density at radius 1 is 1.14 bits per heavy atom. The highest BCUT2D eigenvalue weighted by Crippen LogP contribution is 2.37. The quantitative estimate of drug-likeness (QED) is 0.866. The van der Waals surface area contributed by atoms with Crippen molar-refractivity contribution in [1.29, 1.82) is 0 Å². The Kier molecular flexibility index (Phi) is 4.02. The zero-order chi connectivity index (χ0) is 15.7. The first-order chi connectivity index (χ1) is 10.5. The number of hydrogen-bond acceptors (Lipinski definition) is 2. The van der Waals surface area contributed by atoms with Gasteiger partial charge in [0, 0.05) is 6.54 Å². The molecule has 1 aliphatic rings. The van der Waals surface area contributed by atoms with Gasteiger partial charge in [-0.05, 0) is 49.1 Å². The molecule has 2 aromatic carbocycles. The molecule has 0 N–H and O–H groups in total. The van der Waals surface area contributed by atoms with Crippen molar-refractivity contribution < 1.29 is 12.8 Å². The van der Waals surface area contributed by atoms with Crippen molar-refractivity contribution >= 4 is 10.0 Å². The number of hydrogen-bond donors (Lipinski definition) is 0. The Bertz CT molecular complexity index is 789. The fraction of sp³-hybridized carbons (Fsp3) is 0.294. The van der Waals surface area contributed by atoms with Crippen LogP contribution in [0.5, 0.6) is 0 Å². The molecule has 1 unspecified atom stereocenters. The van der Waals surface area contributed by atoms with Crippen LogP contribution >= 0.6 is 0 Å². The fourth-order valence-electron chi connectivity index (χ4n) is 3.05. The maximum absolute atomic E-state index is 13.5. The van der Waals surface area contributed by atoms with Gasteiger partial charge in [0.05, 0.1) is 10.9 Å². The van der Waals surface area contributed by atoms with E-state index in [2.05, 4.69) is 0 Å². The topological polar surface area (TPSA) is 37.4 Å². The Morgan fingerprint density at radius 2 is 1.91 bits per heavy atom. The van der Waals surface area contributed by atoms with Crippen LogP contribution in [-0.2, 0) is 10.0 Å². The average molecular weight is 319 g/mol. The third kappa shape index (κ3) is 2.66. The molecular formula is C17H18FNO2S. The van der Waals surface area contributed by atoms with Gasteiger partial charge >= 0.3 is 0 Å². The van der Waals surface area contributed by atoms with Crippen molar-refractivity contribution in [1.82, 2.24) is 4.31 Å². The van der Waals surface area contributed by atoms with Crippen LogP contribution in [0.25, 0.3) is 0 Å². The largest absolute Gasteiger partial charge is 0.243 e. The molecule has 1 heterocycles. The Balaban J connectivity index is 2.01. The highest BCUT2D eigenvalue weighted by atomic mass is 32.2. The smallest absolute Gasteiger partial charge is 0.207 e. The van der Waals surface area contributed by atoms with E-state index in [0.29, 0.717) is 17.9 Å². The van der Waals surface area contributed by atoms with Gasteiger partial charge in [-0.2, -0.15) is 4.31 Å². The second-order valence-electron chi connectivity index (χ2n) is 5.59. The molecule has 2 aromatic rings. The van der Waals surface area contributed by atoms with Crippen LogP contribution in [0, 0.1) is 12.7 Å². The predicted molar refractivity (Wildman–Crippen MR) is 83.4 cm³/mol. The minimum atomic E-state index is -3.57. The van der Waals surface area contributed by atoms with Crippen LogP contribution in [0.1, 0.15) is 30.0 Å². The van der Waals surface area contributed by atoms with E-state index in [9.17, 15) is 12.8 Å². The van der Waals surface area contributed by atoms with Crippen LogP contribution in [0.2, 0.25) is 0 Å². The molecule has 0 radical (unpaired) electrons. The summed E-state index contributed by atoms with van der Waals surface area (Å²) in [6.07, 6.45) is 1.50. The van der Waals surface area contributed by atoms with Gasteiger partial charge in [0.2, 0.25) is 10.0 Å². The molecule has 1 atom stereocenters. The van der Waals surface area contributed by atoms with Gasteiger partial charge in [0.1, 0.15) is 5.82 Å². The Labute approximate surface area is 130 Å². The van der Waals surface area contributed by atoms with Crippen LogP contribution in [0.3, 0.4) is 0 Å². The van der Waals surface area contributed by atoms with Gasteiger partial charge in [0.15, 0.2) is 0 Å². The molecule has 1 fully saturated rings. The summed E-state index contributed by atoms with van der Waals surface area (Å²) < 4.78 is 40.9. The standard InChI is InChI=1S/C17H18FNO2S/c1-13-6-2-3-10-17(13)22(20,21)19-11-5-9-16(19)14-7-4-8-15(18)12-14/h2-4,6-8,10,12,16H,5,9,11H2,1H3. The van der Waals surface area contributed by atoms with Crippen LogP contribution in [0.15, 0.2) is 53.4 Å². The van der Waals surface area contributed by atoms with E-state index >= 15 is 0 Å². The summed E-state index contributed by atoms with van der Waals surface area (Å²) in [6.45, 7) is 2.26. The first kappa shape index (κ1) is 15.2. The van der Waals surface area contributed by atoms with Crippen molar-refractivity contribution in [3.8, 4) is 0 Å². The van der Waals surface area contributed by atoms with Gasteiger partial charge in [-0.1, -0.05) is 30.3 Å². The van der Waals surface area contributed by atoms with E-state index in [-0.39, 0.29) is 11.9 Å². The van der Waals surface area contributed by atoms with Crippen molar-refractivity contribution in [3.63, 3.8) is 0 Å². The van der Waals surface area contributed by atoms with Crippen LogP contribution < -0.4 is 0 Å². The van der Waals surface area contributed by atoms with Gasteiger partial charge in [-0.15, -0.1) is 0 Å². The van der Waals surface area contributed by atoms with Crippen molar-refractivity contribution in [2.45, 2.75) is 30.7 Å². The highest BCUT2D eigenvalue weighted by molar-refractivity contribution is 7.89. The zero-order valence-electron chi connectivity index (χ0n) is 12.4. The molecule has 1 aliphatic heterocycles. The predicted octanol–water partition coefficient (Wildman–Crippen LogP) is 3.66. The first-order valence-electron chi connectivity index (χ1n) is 7.33. The van der Waals surface area contributed by atoms with E-state index in [0.717, 1.165) is 17.5 Å². The molecule has 0 aliphatic carbocycles. The molecule has 22 heavy (non-hydrogen) atoms. The summed E-state index contributed by atoms with van der Waals surface area (Å²) in [5.41, 5.74) is 1.45. The molecular weight excluding hydrogens is 301 g/mol. The van der Waals surface area contributed by atoms with E-state index in [4.69, 9.17) is 0 Å². The van der Waals surface area contributed by atoms with Gasteiger partial charge in [-0.3, -0.25) is 0 Å². The summed E-state index contributed by atoms with van der Waals surface area (Å²) in [6, 6.07) is 12.9. The monoisotopic (exact) mass is 319 g/mol. The summed E-state index contributed by atoms with van der Waals surface area (Å²) >= 11 is 0. The summed E-state index contributed by atoms with van der Waals surface area (Å²) in [5.74, 6) is -0.336. The number of sulfonamides is 1. The molecule has 0 saturated carbocycles. The summed E-state index contributed by atoms with van der Waals surface area (Å²) in [7, 11) is -3.57. The van der Waals surface area contributed by atoms with Crippen molar-refractivity contribution in [2.24, 2.45) is 0 Å². The fourth-order valence-corrected chi connectivity index (χ4v) is 4.96. The molecule has 0 aromatic heterocycles. The number of nitrogens with zero attached hydrogens (tertiary/aromatic N) is 1. The normalized spacial score (nSPS) is 19.5. The minimum Gasteiger partial charge on any atom is -0.207 e. The van der Waals surface area contributed by atoms with Crippen molar-refractivity contribution in [2.75, 3.05) is 6.54 Å². The maximum atomic E-state index is 13.5. The molecule has 5 heteroatoms. The SMILES string of the molecule is Cc1ccccc1S(=O)(=O)N1CCCC1c1cccc(F)c1. The molecule has 3 rings (SSSR count). The first-order valence-corrected chi connectivity index (χ1v) is 8.77. The van der Waals surface area contributed by atoms with E-state index in [1.165, 1.54) is 16.4 Å². The van der Waals surface area contributed by atoms with Gasteiger partial charge in [-0.25, -0.2) is 12.8 Å². The number of rotatable bonds is 3. The van der Waals surface area contributed by atoms with Gasteiger partial charge in [0.25, 0.3) is 0 Å². The lowest BCUT2D eigenvalue weighted by Crippen LogP contribution is -2.31. The third-order valence-electron chi connectivity index (χ3n) is 4.12. The molecule has 0 amide bonds. The van der Waals surface area contributed by atoms with Gasteiger partial charge < -0.3 is 0 Å². The lowest BCUT2D eigenvalue weighted by atomic mass is 10.1. The Morgan fingerprint density at radius 3 is 2.64 bits per heavy atom. The molecule has 3 nitrogen and oxygen atoms in total. The van der Waals surface area contributed by atoms with Crippen LogP contribution in [-0.4, -0.2) is 19.3 Å². The molecule has 1 saturated heterocycles. The number of benzene rings is 2. The van der Waals surface area contributed by atoms with Crippen molar-refractivity contribution in [3.05, 3.63) is 65.5 Å². The third-order valence-corrected chi connectivity index (χ3v) is 6.19.